The molecule has 1 aromatic carbocycles. The predicted molar refractivity (Wildman–Crippen MR) is 123 cm³/mol. The van der Waals surface area contributed by atoms with Gasteiger partial charge in [0.15, 0.2) is 5.96 Å². The maximum Gasteiger partial charge on any atom is 0.191 e. The molecule has 164 valence electrons. The minimum atomic E-state index is -0.106. The van der Waals surface area contributed by atoms with Crippen molar-refractivity contribution in [3.8, 4) is 0 Å². The molecule has 1 aromatic rings. The highest BCUT2D eigenvalue weighted by Gasteiger charge is 2.16. The summed E-state index contributed by atoms with van der Waals surface area (Å²) in [5.41, 5.74) is 2.57. The van der Waals surface area contributed by atoms with Gasteiger partial charge in [-0.3, -0.25) is 4.90 Å². The number of hydrogen-bond acceptors (Lipinski definition) is 3. The van der Waals surface area contributed by atoms with Crippen LogP contribution in [0.15, 0.2) is 29.3 Å². The molecule has 1 atom stereocenters. The zero-order valence-corrected chi connectivity index (χ0v) is 18.8. The van der Waals surface area contributed by atoms with Crippen molar-refractivity contribution < 1.29 is 5.11 Å². The molecule has 3 N–H and O–H groups in total. The molecule has 29 heavy (non-hydrogen) atoms. The van der Waals surface area contributed by atoms with Crippen molar-refractivity contribution in [2.24, 2.45) is 4.99 Å². The van der Waals surface area contributed by atoms with Gasteiger partial charge in [0.05, 0.1) is 12.6 Å². The lowest BCUT2D eigenvalue weighted by atomic mass is 10.1. The van der Waals surface area contributed by atoms with Crippen LogP contribution in [0.5, 0.6) is 0 Å². The summed E-state index contributed by atoms with van der Waals surface area (Å²) in [7, 11) is 0. The number of aliphatic imine (C=N–C) groups is 1. The average Bonchev–Trinajstić information content (AvgIpc) is 2.72. The number of nitrogens with one attached hydrogen (secondary N) is 2. The molecule has 0 bridgehead atoms. The first-order chi connectivity index (χ1) is 14.1. The second-order valence-electron chi connectivity index (χ2n) is 8.41. The fourth-order valence-electron chi connectivity index (χ4n) is 3.76. The molecule has 0 spiro atoms. The first kappa shape index (κ1) is 23.7. The van der Waals surface area contributed by atoms with Crippen LogP contribution in [0.4, 0.5) is 0 Å². The van der Waals surface area contributed by atoms with Crippen LogP contribution in [-0.2, 0) is 13.1 Å². The Kier molecular flexibility index (Phi) is 11.1. The monoisotopic (exact) mass is 402 g/mol. The third-order valence-corrected chi connectivity index (χ3v) is 5.62. The molecule has 1 aliphatic rings. The molecular weight excluding hydrogens is 360 g/mol. The molecule has 1 heterocycles. The molecular formula is C24H42N4O. The van der Waals surface area contributed by atoms with Gasteiger partial charge in [0.1, 0.15) is 0 Å². The fourth-order valence-corrected chi connectivity index (χ4v) is 3.76. The van der Waals surface area contributed by atoms with Gasteiger partial charge < -0.3 is 15.7 Å². The maximum absolute atomic E-state index is 9.64. The predicted octanol–water partition coefficient (Wildman–Crippen LogP) is 4.06. The topological polar surface area (TPSA) is 59.9 Å². The van der Waals surface area contributed by atoms with Crippen molar-refractivity contribution >= 4 is 5.96 Å². The lowest BCUT2D eigenvalue weighted by Gasteiger charge is -2.29. The standard InChI is InChI=1S/C24H42N4O/c1-4-6-7-8-9-20(3)27-24(25-5-2)26-18-21-10-12-22(13-11-21)19-28-16-14-23(29)15-17-28/h10-13,20,23,29H,4-9,14-19H2,1-3H3,(H2,25,26,27). The Morgan fingerprint density at radius 3 is 2.45 bits per heavy atom. The summed E-state index contributed by atoms with van der Waals surface area (Å²) in [5.74, 6) is 0.909. The highest BCUT2D eigenvalue weighted by atomic mass is 16.3. The van der Waals surface area contributed by atoms with E-state index in [2.05, 4.69) is 60.6 Å². The highest BCUT2D eigenvalue weighted by molar-refractivity contribution is 5.80. The van der Waals surface area contributed by atoms with Crippen LogP contribution in [0.3, 0.4) is 0 Å². The lowest BCUT2D eigenvalue weighted by molar-refractivity contribution is 0.0792. The van der Waals surface area contributed by atoms with E-state index in [-0.39, 0.29) is 6.10 Å². The van der Waals surface area contributed by atoms with E-state index in [1.54, 1.807) is 0 Å². The normalized spacial score (nSPS) is 17.3. The Morgan fingerprint density at radius 2 is 1.79 bits per heavy atom. The van der Waals surface area contributed by atoms with E-state index in [0.717, 1.165) is 45.0 Å². The van der Waals surface area contributed by atoms with Gasteiger partial charge in [-0.2, -0.15) is 0 Å². The third-order valence-electron chi connectivity index (χ3n) is 5.62. The van der Waals surface area contributed by atoms with Crippen molar-refractivity contribution in [2.45, 2.75) is 91.0 Å². The number of rotatable bonds is 11. The summed E-state index contributed by atoms with van der Waals surface area (Å²) in [6.45, 7) is 11.1. The van der Waals surface area contributed by atoms with E-state index in [0.29, 0.717) is 12.6 Å². The van der Waals surface area contributed by atoms with Crippen LogP contribution in [0, 0.1) is 0 Å². The second kappa shape index (κ2) is 13.6. The fraction of sp³-hybridized carbons (Fsp3) is 0.708. The Morgan fingerprint density at radius 1 is 1.10 bits per heavy atom. The molecule has 1 saturated heterocycles. The van der Waals surface area contributed by atoms with Crippen molar-refractivity contribution in [3.63, 3.8) is 0 Å². The second-order valence-corrected chi connectivity index (χ2v) is 8.41. The van der Waals surface area contributed by atoms with E-state index in [9.17, 15) is 5.11 Å². The third kappa shape index (κ3) is 9.64. The first-order valence-corrected chi connectivity index (χ1v) is 11.6. The number of unbranched alkanes of at least 4 members (excludes halogenated alkanes) is 3. The maximum atomic E-state index is 9.64. The number of piperidine rings is 1. The smallest absolute Gasteiger partial charge is 0.191 e. The minimum Gasteiger partial charge on any atom is -0.393 e. The minimum absolute atomic E-state index is 0.106. The average molecular weight is 403 g/mol. The number of guanidine groups is 1. The van der Waals surface area contributed by atoms with E-state index < -0.39 is 0 Å². The van der Waals surface area contributed by atoms with E-state index in [4.69, 9.17) is 4.99 Å². The summed E-state index contributed by atoms with van der Waals surface area (Å²) < 4.78 is 0. The van der Waals surface area contributed by atoms with Crippen LogP contribution in [0.25, 0.3) is 0 Å². The van der Waals surface area contributed by atoms with E-state index >= 15 is 0 Å². The quantitative estimate of drug-likeness (QED) is 0.297. The van der Waals surface area contributed by atoms with Gasteiger partial charge in [0.2, 0.25) is 0 Å². The van der Waals surface area contributed by atoms with Crippen molar-refractivity contribution in [2.75, 3.05) is 19.6 Å². The Labute approximate surface area is 178 Å². The molecule has 0 amide bonds. The van der Waals surface area contributed by atoms with Crippen LogP contribution >= 0.6 is 0 Å². The number of benzene rings is 1. The van der Waals surface area contributed by atoms with Crippen LogP contribution in [0.1, 0.15) is 76.8 Å². The lowest BCUT2D eigenvalue weighted by Crippen LogP contribution is -2.42. The molecule has 5 nitrogen and oxygen atoms in total. The van der Waals surface area contributed by atoms with Crippen LogP contribution < -0.4 is 10.6 Å². The summed E-state index contributed by atoms with van der Waals surface area (Å²) >= 11 is 0. The van der Waals surface area contributed by atoms with Gasteiger partial charge in [0.25, 0.3) is 0 Å². The zero-order valence-electron chi connectivity index (χ0n) is 18.8. The van der Waals surface area contributed by atoms with E-state index in [1.807, 2.05) is 0 Å². The molecule has 1 unspecified atom stereocenters. The molecule has 0 aliphatic carbocycles. The number of likely N-dealkylation sites (tertiary alicyclic amines) is 1. The molecule has 5 heteroatoms. The summed E-state index contributed by atoms with van der Waals surface area (Å²) in [5, 5.41) is 16.6. The summed E-state index contributed by atoms with van der Waals surface area (Å²) in [6, 6.07) is 9.25. The number of aliphatic hydroxyl groups excluding tert-OH is 1. The molecule has 0 saturated carbocycles. The summed E-state index contributed by atoms with van der Waals surface area (Å²) in [6.07, 6.45) is 8.08. The van der Waals surface area contributed by atoms with Gasteiger partial charge in [-0.25, -0.2) is 4.99 Å². The van der Waals surface area contributed by atoms with Gasteiger partial charge in [-0.05, 0) is 44.2 Å². The molecule has 1 aliphatic heterocycles. The Bertz CT molecular complexity index is 579. The van der Waals surface area contributed by atoms with Gasteiger partial charge in [0, 0.05) is 32.2 Å². The van der Waals surface area contributed by atoms with Crippen molar-refractivity contribution in [1.82, 2.24) is 15.5 Å². The Balaban J connectivity index is 1.80. The largest absolute Gasteiger partial charge is 0.393 e. The van der Waals surface area contributed by atoms with E-state index in [1.165, 1.54) is 43.2 Å². The number of hydrogen-bond donors (Lipinski definition) is 3. The molecule has 2 rings (SSSR count). The molecule has 1 fully saturated rings. The van der Waals surface area contributed by atoms with Gasteiger partial charge in [-0.15, -0.1) is 0 Å². The van der Waals surface area contributed by atoms with Gasteiger partial charge >= 0.3 is 0 Å². The van der Waals surface area contributed by atoms with Crippen LogP contribution in [-0.4, -0.2) is 47.7 Å². The van der Waals surface area contributed by atoms with Crippen molar-refractivity contribution in [1.29, 1.82) is 0 Å². The van der Waals surface area contributed by atoms with Gasteiger partial charge in [-0.1, -0.05) is 56.9 Å². The molecule has 0 radical (unpaired) electrons. The number of aliphatic hydroxyl groups is 1. The van der Waals surface area contributed by atoms with Crippen molar-refractivity contribution in [3.05, 3.63) is 35.4 Å². The zero-order chi connectivity index (χ0) is 20.9. The highest BCUT2D eigenvalue weighted by Crippen LogP contribution is 2.14. The molecule has 0 aromatic heterocycles. The Hall–Kier alpha value is -1.59. The summed E-state index contributed by atoms with van der Waals surface area (Å²) in [4.78, 5) is 7.20. The number of nitrogens with zero attached hydrogens (tertiary/aromatic N) is 2. The SMILES string of the molecule is CCCCCCC(C)NC(=NCc1ccc(CN2CCC(O)CC2)cc1)NCC. The first-order valence-electron chi connectivity index (χ1n) is 11.6. The van der Waals surface area contributed by atoms with Crippen LogP contribution in [0.2, 0.25) is 0 Å².